The highest BCUT2D eigenvalue weighted by molar-refractivity contribution is 6.35. The van der Waals surface area contributed by atoms with Crippen LogP contribution in [0.1, 0.15) is 5.69 Å². The van der Waals surface area contributed by atoms with Gasteiger partial charge in [0.15, 0.2) is 11.2 Å². The number of aryl methyl sites for hydroxylation is 1. The molecule has 3 heterocycles. The van der Waals surface area contributed by atoms with Crippen LogP contribution in [0.15, 0.2) is 59.5 Å². The van der Waals surface area contributed by atoms with Crippen molar-refractivity contribution < 1.29 is 4.39 Å². The Bertz CT molecular complexity index is 1510. The SMILES string of the molecule is Cc1nn2c(nnc3c(=O)n(-c4ccc(Cl)cc4Cl)ccc32)c1-c1ccc(F)cc1. The molecule has 0 spiro atoms. The molecular weight excluding hydrogens is 428 g/mol. The Morgan fingerprint density at radius 1 is 1.00 bits per heavy atom. The van der Waals surface area contributed by atoms with E-state index in [1.54, 1.807) is 47.1 Å². The standard InChI is InChI=1S/C21H12Cl2FN5O/c1-11-18(12-2-5-14(24)6-3-12)20-26-25-19-17(29(20)27-11)8-9-28(21(19)30)16-7-4-13(22)10-15(16)23/h2-10H,1H3. The van der Waals surface area contributed by atoms with Crippen molar-refractivity contribution in [1.82, 2.24) is 24.4 Å². The van der Waals surface area contributed by atoms with Crippen molar-refractivity contribution in [2.24, 2.45) is 0 Å². The van der Waals surface area contributed by atoms with Crippen LogP contribution in [-0.4, -0.2) is 24.4 Å². The molecule has 6 nitrogen and oxygen atoms in total. The second-order valence-corrected chi connectivity index (χ2v) is 7.57. The number of benzene rings is 2. The fourth-order valence-corrected chi connectivity index (χ4v) is 3.97. The predicted molar refractivity (Wildman–Crippen MR) is 114 cm³/mol. The zero-order valence-corrected chi connectivity index (χ0v) is 17.0. The van der Waals surface area contributed by atoms with Gasteiger partial charge in [-0.05, 0) is 48.9 Å². The molecule has 2 aromatic carbocycles. The van der Waals surface area contributed by atoms with E-state index in [-0.39, 0.29) is 16.9 Å². The van der Waals surface area contributed by atoms with E-state index < -0.39 is 0 Å². The molecule has 0 saturated heterocycles. The lowest BCUT2D eigenvalue weighted by Gasteiger charge is -2.09. The molecular formula is C21H12Cl2FN5O. The zero-order valence-electron chi connectivity index (χ0n) is 15.5. The number of aromatic nitrogens is 5. The van der Waals surface area contributed by atoms with Crippen molar-refractivity contribution >= 4 is 39.9 Å². The van der Waals surface area contributed by atoms with Crippen LogP contribution >= 0.6 is 23.2 Å². The van der Waals surface area contributed by atoms with Gasteiger partial charge in [0.1, 0.15) is 11.3 Å². The van der Waals surface area contributed by atoms with E-state index in [0.29, 0.717) is 32.6 Å². The summed E-state index contributed by atoms with van der Waals surface area (Å²) in [6.45, 7) is 1.83. The van der Waals surface area contributed by atoms with Crippen molar-refractivity contribution in [3.63, 3.8) is 0 Å². The lowest BCUT2D eigenvalue weighted by Crippen LogP contribution is -2.20. The van der Waals surface area contributed by atoms with Gasteiger partial charge in [-0.2, -0.15) is 5.10 Å². The van der Waals surface area contributed by atoms with Crippen LogP contribution in [0.2, 0.25) is 10.0 Å². The van der Waals surface area contributed by atoms with Gasteiger partial charge >= 0.3 is 0 Å². The summed E-state index contributed by atoms with van der Waals surface area (Å²) in [6, 6.07) is 12.7. The number of pyridine rings is 1. The second-order valence-electron chi connectivity index (χ2n) is 6.72. The summed E-state index contributed by atoms with van der Waals surface area (Å²) in [7, 11) is 0. The number of hydrogen-bond acceptors (Lipinski definition) is 4. The maximum atomic E-state index is 13.3. The van der Waals surface area contributed by atoms with Gasteiger partial charge in [0.2, 0.25) is 0 Å². The van der Waals surface area contributed by atoms with Gasteiger partial charge in [0, 0.05) is 11.2 Å². The van der Waals surface area contributed by atoms with Crippen molar-refractivity contribution in [2.45, 2.75) is 6.92 Å². The first kappa shape index (κ1) is 18.7. The summed E-state index contributed by atoms with van der Waals surface area (Å²) in [5.74, 6) is -0.328. The van der Waals surface area contributed by atoms with Gasteiger partial charge in [-0.1, -0.05) is 35.3 Å². The molecule has 9 heteroatoms. The molecule has 5 rings (SSSR count). The molecule has 0 saturated carbocycles. The minimum atomic E-state index is -0.386. The Morgan fingerprint density at radius 3 is 2.50 bits per heavy atom. The summed E-state index contributed by atoms with van der Waals surface area (Å²) < 4.78 is 16.3. The molecule has 3 aromatic heterocycles. The normalized spacial score (nSPS) is 11.5. The molecule has 0 radical (unpaired) electrons. The van der Waals surface area contributed by atoms with Gasteiger partial charge in [-0.3, -0.25) is 9.36 Å². The summed E-state index contributed by atoms with van der Waals surface area (Å²) in [5.41, 5.74) is 3.41. The Morgan fingerprint density at radius 2 is 1.77 bits per heavy atom. The molecule has 30 heavy (non-hydrogen) atoms. The first-order chi connectivity index (χ1) is 14.4. The average molecular weight is 440 g/mol. The number of halogens is 3. The fraction of sp³-hybridized carbons (Fsp3) is 0.0476. The van der Waals surface area contributed by atoms with Crippen LogP contribution < -0.4 is 5.56 Å². The lowest BCUT2D eigenvalue weighted by atomic mass is 10.1. The molecule has 0 fully saturated rings. The Balaban J connectivity index is 1.76. The van der Waals surface area contributed by atoms with E-state index >= 15 is 0 Å². The molecule has 0 aliphatic rings. The molecule has 0 atom stereocenters. The monoisotopic (exact) mass is 439 g/mol. The Hall–Kier alpha value is -3.29. The quantitative estimate of drug-likeness (QED) is 0.394. The van der Waals surface area contributed by atoms with Crippen molar-refractivity contribution in [2.75, 3.05) is 0 Å². The van der Waals surface area contributed by atoms with Crippen molar-refractivity contribution in [3.05, 3.63) is 86.6 Å². The maximum Gasteiger partial charge on any atom is 0.285 e. The third-order valence-electron chi connectivity index (χ3n) is 4.86. The van der Waals surface area contributed by atoms with Crippen molar-refractivity contribution in [1.29, 1.82) is 0 Å². The van der Waals surface area contributed by atoms with Crippen LogP contribution in [0, 0.1) is 12.7 Å². The number of fused-ring (bicyclic) bond motifs is 3. The molecule has 0 bridgehead atoms. The zero-order chi connectivity index (χ0) is 21.0. The first-order valence-corrected chi connectivity index (χ1v) is 9.68. The van der Waals surface area contributed by atoms with E-state index in [9.17, 15) is 9.18 Å². The molecule has 0 aliphatic heterocycles. The maximum absolute atomic E-state index is 13.3. The number of rotatable bonds is 2. The average Bonchev–Trinajstić information content (AvgIpc) is 3.06. The largest absolute Gasteiger partial charge is 0.285 e. The van der Waals surface area contributed by atoms with Gasteiger partial charge < -0.3 is 0 Å². The van der Waals surface area contributed by atoms with E-state index in [1.807, 2.05) is 6.92 Å². The molecule has 0 N–H and O–H groups in total. The van der Waals surface area contributed by atoms with Gasteiger partial charge in [-0.15, -0.1) is 10.2 Å². The minimum absolute atomic E-state index is 0.143. The topological polar surface area (TPSA) is 65.1 Å². The highest BCUT2D eigenvalue weighted by atomic mass is 35.5. The van der Waals surface area contributed by atoms with E-state index in [1.165, 1.54) is 16.7 Å². The van der Waals surface area contributed by atoms with Crippen LogP contribution in [0.3, 0.4) is 0 Å². The van der Waals surface area contributed by atoms with E-state index in [0.717, 1.165) is 11.1 Å². The molecule has 0 unspecified atom stereocenters. The van der Waals surface area contributed by atoms with E-state index in [4.69, 9.17) is 23.2 Å². The summed E-state index contributed by atoms with van der Waals surface area (Å²) in [5, 5.41) is 13.8. The molecule has 0 aliphatic carbocycles. The Labute approximate surface area is 179 Å². The fourth-order valence-electron chi connectivity index (χ4n) is 3.47. The molecule has 148 valence electrons. The molecule has 0 amide bonds. The predicted octanol–water partition coefficient (Wildman–Crippen LogP) is 4.85. The van der Waals surface area contributed by atoms with Gasteiger partial charge in [0.05, 0.1) is 22.0 Å². The minimum Gasteiger partial charge on any atom is -0.281 e. The van der Waals surface area contributed by atoms with Crippen LogP contribution in [-0.2, 0) is 0 Å². The summed E-state index contributed by atoms with van der Waals surface area (Å²) in [6.07, 6.45) is 1.61. The number of hydrogen-bond donors (Lipinski definition) is 0. The third kappa shape index (κ3) is 2.86. The van der Waals surface area contributed by atoms with Gasteiger partial charge in [0.25, 0.3) is 5.56 Å². The lowest BCUT2D eigenvalue weighted by molar-refractivity contribution is 0.628. The summed E-state index contributed by atoms with van der Waals surface area (Å²) in [4.78, 5) is 13.1. The second kappa shape index (κ2) is 6.90. The Kier molecular flexibility index (Phi) is 4.30. The third-order valence-corrected chi connectivity index (χ3v) is 5.39. The molecule has 5 aromatic rings. The van der Waals surface area contributed by atoms with Crippen LogP contribution in [0.4, 0.5) is 4.39 Å². The smallest absolute Gasteiger partial charge is 0.281 e. The van der Waals surface area contributed by atoms with E-state index in [2.05, 4.69) is 15.3 Å². The van der Waals surface area contributed by atoms with Crippen molar-refractivity contribution in [3.8, 4) is 16.8 Å². The summed E-state index contributed by atoms with van der Waals surface area (Å²) >= 11 is 12.2. The van der Waals surface area contributed by atoms with Crippen LogP contribution in [0.5, 0.6) is 0 Å². The van der Waals surface area contributed by atoms with Gasteiger partial charge in [-0.25, -0.2) is 8.91 Å². The highest BCUT2D eigenvalue weighted by Gasteiger charge is 2.18. The van der Waals surface area contributed by atoms with Crippen LogP contribution in [0.25, 0.3) is 33.5 Å². The number of nitrogens with zero attached hydrogens (tertiary/aromatic N) is 5. The highest BCUT2D eigenvalue weighted by Crippen LogP contribution is 2.29. The first-order valence-electron chi connectivity index (χ1n) is 8.93.